The molecule has 2 N–H and O–H groups in total. The molecule has 0 bridgehead atoms. The minimum atomic E-state index is -0.402. The van der Waals surface area contributed by atoms with Crippen LogP contribution < -0.4 is 5.32 Å². The summed E-state index contributed by atoms with van der Waals surface area (Å²) in [5.41, 5.74) is -0.314. The van der Waals surface area contributed by atoms with Crippen LogP contribution in [0.5, 0.6) is 0 Å². The van der Waals surface area contributed by atoms with Crippen molar-refractivity contribution < 1.29 is 14.8 Å². The summed E-state index contributed by atoms with van der Waals surface area (Å²) in [6, 6.07) is 0. The minimum absolute atomic E-state index is 0.223. The maximum absolute atomic E-state index is 11.6. The molecule has 1 fully saturated rings. The number of hydrogen-bond donors (Lipinski definition) is 1. The Morgan fingerprint density at radius 3 is 2.50 bits per heavy atom. The molecule has 1 aliphatic heterocycles. The molecule has 3 nitrogen and oxygen atoms in total. The first-order valence-electron chi connectivity index (χ1n) is 5.82. The predicted molar refractivity (Wildman–Crippen MR) is 70.8 cm³/mol. The normalized spacial score (nSPS) is 21.8. The Bertz CT molecular complexity index is 242. The van der Waals surface area contributed by atoms with Crippen molar-refractivity contribution in [1.29, 1.82) is 0 Å². The Morgan fingerprint density at radius 2 is 2.06 bits per heavy atom. The number of nitrogens with two attached hydrogens (primary N) is 1. The largest absolute Gasteiger partial charge is 0.458 e. The molecule has 0 aromatic heterocycles. The molecule has 0 aromatic rings. The standard InChI is InChI=1S/C11H19Br2NO2/c1-3-11(2,16-10(15)9(12)13)8-4-6-14-7-5-8/h8-9,14H,3-7H2,1-2H3/p+1. The second kappa shape index (κ2) is 6.36. The Hall–Kier alpha value is 0.390. The number of hydrogen-bond acceptors (Lipinski definition) is 2. The molecule has 5 heteroatoms. The van der Waals surface area contributed by atoms with E-state index >= 15 is 0 Å². The Morgan fingerprint density at radius 1 is 1.50 bits per heavy atom. The van der Waals surface area contributed by atoms with Crippen molar-refractivity contribution >= 4 is 37.8 Å². The highest BCUT2D eigenvalue weighted by molar-refractivity contribution is 9.25. The smallest absolute Gasteiger partial charge is 0.331 e. The zero-order valence-electron chi connectivity index (χ0n) is 9.84. The highest BCUT2D eigenvalue weighted by atomic mass is 79.9. The van der Waals surface area contributed by atoms with Crippen LogP contribution in [0.4, 0.5) is 0 Å². The van der Waals surface area contributed by atoms with Crippen molar-refractivity contribution in [1.82, 2.24) is 0 Å². The van der Waals surface area contributed by atoms with Gasteiger partial charge in [0.25, 0.3) is 0 Å². The molecule has 94 valence electrons. The fourth-order valence-electron chi connectivity index (χ4n) is 2.26. The van der Waals surface area contributed by atoms with Crippen molar-refractivity contribution in [3.8, 4) is 0 Å². The molecule has 1 atom stereocenters. The van der Waals surface area contributed by atoms with Crippen molar-refractivity contribution in [2.75, 3.05) is 13.1 Å². The van der Waals surface area contributed by atoms with Gasteiger partial charge in [0, 0.05) is 18.8 Å². The molecule has 0 saturated carbocycles. The molecule has 1 unspecified atom stereocenters. The van der Waals surface area contributed by atoms with Gasteiger partial charge in [0.2, 0.25) is 0 Å². The summed E-state index contributed by atoms with van der Waals surface area (Å²) in [6.45, 7) is 6.43. The number of carbonyl (C=O) groups excluding carboxylic acids is 1. The van der Waals surface area contributed by atoms with Crippen LogP contribution in [-0.2, 0) is 9.53 Å². The molecular formula is C11H20Br2NO2+. The van der Waals surface area contributed by atoms with Crippen molar-refractivity contribution in [2.24, 2.45) is 5.92 Å². The van der Waals surface area contributed by atoms with E-state index in [1.807, 2.05) is 0 Å². The topological polar surface area (TPSA) is 42.9 Å². The Labute approximate surface area is 114 Å². The van der Waals surface area contributed by atoms with Gasteiger partial charge >= 0.3 is 5.97 Å². The van der Waals surface area contributed by atoms with Crippen LogP contribution in [0.1, 0.15) is 33.1 Å². The van der Waals surface area contributed by atoms with Gasteiger partial charge in [-0.3, -0.25) is 0 Å². The van der Waals surface area contributed by atoms with Crippen LogP contribution in [-0.4, -0.2) is 28.4 Å². The Kier molecular flexibility index (Phi) is 5.74. The summed E-state index contributed by atoms with van der Waals surface area (Å²) in [5.74, 6) is 0.268. The van der Waals surface area contributed by atoms with E-state index in [0.29, 0.717) is 5.92 Å². The van der Waals surface area contributed by atoms with E-state index < -0.39 is 3.74 Å². The van der Waals surface area contributed by atoms with Gasteiger partial charge in [-0.1, -0.05) is 38.8 Å². The predicted octanol–water partition coefficient (Wildman–Crippen LogP) is 1.79. The molecule has 0 radical (unpaired) electrons. The Balaban J connectivity index is 2.64. The number of rotatable bonds is 4. The molecule has 0 aromatic carbocycles. The molecule has 0 amide bonds. The van der Waals surface area contributed by atoms with E-state index in [2.05, 4.69) is 51.0 Å². The number of halogens is 2. The van der Waals surface area contributed by atoms with Gasteiger partial charge in [-0.2, -0.15) is 0 Å². The summed E-state index contributed by atoms with van der Waals surface area (Å²) in [5, 5.41) is 2.33. The fourth-order valence-corrected chi connectivity index (χ4v) is 2.44. The highest BCUT2D eigenvalue weighted by Crippen LogP contribution is 2.32. The maximum Gasteiger partial charge on any atom is 0.331 e. The first kappa shape index (κ1) is 14.5. The van der Waals surface area contributed by atoms with E-state index in [0.717, 1.165) is 32.4 Å². The molecule has 1 heterocycles. The molecule has 1 aliphatic rings. The molecule has 1 rings (SSSR count). The third-order valence-electron chi connectivity index (χ3n) is 3.52. The minimum Gasteiger partial charge on any atom is -0.458 e. The van der Waals surface area contributed by atoms with Crippen molar-refractivity contribution in [2.45, 2.75) is 42.4 Å². The number of ether oxygens (including phenoxy) is 1. The molecule has 1 saturated heterocycles. The lowest BCUT2D eigenvalue weighted by Crippen LogP contribution is -2.86. The van der Waals surface area contributed by atoms with E-state index in [4.69, 9.17) is 4.74 Å². The second-order valence-electron chi connectivity index (χ2n) is 4.53. The average Bonchev–Trinajstić information content (AvgIpc) is 2.29. The van der Waals surface area contributed by atoms with Crippen LogP contribution >= 0.6 is 31.9 Å². The number of alkyl halides is 2. The lowest BCUT2D eigenvalue weighted by molar-refractivity contribution is -0.666. The lowest BCUT2D eigenvalue weighted by atomic mass is 9.80. The first-order valence-corrected chi connectivity index (χ1v) is 7.65. The van der Waals surface area contributed by atoms with Crippen LogP contribution in [0.15, 0.2) is 0 Å². The van der Waals surface area contributed by atoms with Crippen LogP contribution in [0.25, 0.3) is 0 Å². The van der Waals surface area contributed by atoms with Gasteiger partial charge in [0.05, 0.1) is 13.1 Å². The van der Waals surface area contributed by atoms with E-state index in [9.17, 15) is 4.79 Å². The van der Waals surface area contributed by atoms with Gasteiger partial charge in [-0.25, -0.2) is 4.79 Å². The van der Waals surface area contributed by atoms with E-state index in [1.54, 1.807) is 0 Å². The zero-order valence-corrected chi connectivity index (χ0v) is 13.0. The first-order chi connectivity index (χ1) is 7.49. The monoisotopic (exact) mass is 356 g/mol. The molecule has 16 heavy (non-hydrogen) atoms. The third kappa shape index (κ3) is 3.70. The van der Waals surface area contributed by atoms with E-state index in [-0.39, 0.29) is 11.6 Å². The van der Waals surface area contributed by atoms with Gasteiger partial charge in [-0.05, 0) is 13.3 Å². The van der Waals surface area contributed by atoms with E-state index in [1.165, 1.54) is 0 Å². The number of piperidine rings is 1. The van der Waals surface area contributed by atoms with Gasteiger partial charge < -0.3 is 10.1 Å². The fraction of sp³-hybridized carbons (Fsp3) is 0.909. The summed E-state index contributed by atoms with van der Waals surface area (Å²) < 4.78 is 5.24. The van der Waals surface area contributed by atoms with Gasteiger partial charge in [-0.15, -0.1) is 0 Å². The summed E-state index contributed by atoms with van der Waals surface area (Å²) in [6.07, 6.45) is 3.13. The third-order valence-corrected chi connectivity index (χ3v) is 4.26. The highest BCUT2D eigenvalue weighted by Gasteiger charge is 2.38. The quantitative estimate of drug-likeness (QED) is 0.615. The number of esters is 1. The summed E-state index contributed by atoms with van der Waals surface area (Å²) in [4.78, 5) is 11.6. The molecule has 0 spiro atoms. The SMILES string of the molecule is CCC(C)(OC(=O)C(Br)Br)C1CC[NH2+]CC1. The van der Waals surface area contributed by atoms with Crippen LogP contribution in [0.3, 0.4) is 0 Å². The van der Waals surface area contributed by atoms with Crippen molar-refractivity contribution in [3.63, 3.8) is 0 Å². The van der Waals surface area contributed by atoms with Gasteiger partial charge in [0.1, 0.15) is 5.60 Å². The molecule has 0 aliphatic carbocycles. The second-order valence-corrected chi connectivity index (χ2v) is 7.59. The lowest BCUT2D eigenvalue weighted by Gasteiger charge is -2.38. The number of carbonyl (C=O) groups is 1. The zero-order chi connectivity index (χ0) is 12.2. The average molecular weight is 358 g/mol. The summed E-state index contributed by atoms with van der Waals surface area (Å²) >= 11 is 6.36. The van der Waals surface area contributed by atoms with Crippen LogP contribution in [0, 0.1) is 5.92 Å². The maximum atomic E-state index is 11.6. The van der Waals surface area contributed by atoms with Crippen LogP contribution in [0.2, 0.25) is 0 Å². The number of quaternary nitrogens is 1. The summed E-state index contributed by atoms with van der Waals surface area (Å²) in [7, 11) is 0. The molecular weight excluding hydrogens is 338 g/mol. The van der Waals surface area contributed by atoms with Gasteiger partial charge in [0.15, 0.2) is 3.74 Å². The van der Waals surface area contributed by atoms with Crippen molar-refractivity contribution in [3.05, 3.63) is 0 Å².